The SMILES string of the molecule is [2H]c1c([2H])c([2H])c2c(c1[2H])c1c([2H])c([2H])c(-n3c4ccccc4c4ccccc43)c([2H])c1n2-c1ccc2c(c1)N(c1c(-c3ccccc3)cc(C(C)(C)C)cc1-c1ccccc1)c1c3c(c4c5cc(-c6cc(C(C)(C)C)cc(C(C)(C)C)c6)ccc5n5c6cc(-c7cc(C(C)(C)C)cc(C(C)(C)C)c7)ccc6c1c45)N(c1c(-c4ccccc4)cc(C(C)(C)C)cc1-c1ccccc1)c1cc(-c4cccc(C(C)(C)C)c4)ccc1B23. The van der Waals surface area contributed by atoms with Gasteiger partial charge in [0.1, 0.15) is 0 Å². The Kier molecular flexibility index (Phi) is 18.6. The summed E-state index contributed by atoms with van der Waals surface area (Å²) < 4.78 is 79.6. The molecule has 0 spiro atoms. The van der Waals surface area contributed by atoms with Gasteiger partial charge in [-0.15, -0.1) is 0 Å². The fraction of sp³-hybridized carbons (Fsp3) is 0.206. The van der Waals surface area contributed by atoms with Crippen molar-refractivity contribution >= 4 is 139 Å². The van der Waals surface area contributed by atoms with Crippen molar-refractivity contribution in [2.24, 2.45) is 0 Å². The smallest absolute Gasteiger partial charge is 0.252 e. The quantitative estimate of drug-likeness (QED) is 0.120. The molecule has 0 aliphatic carbocycles. The zero-order valence-corrected chi connectivity index (χ0v) is 85.5. The first-order valence-corrected chi connectivity index (χ1v) is 50.6. The van der Waals surface area contributed by atoms with E-state index in [2.05, 4.69) is 451 Å². The van der Waals surface area contributed by atoms with Crippen LogP contribution in [0.2, 0.25) is 0 Å². The lowest BCUT2D eigenvalue weighted by atomic mass is 9.33. The topological polar surface area (TPSA) is 20.8 Å². The molecule has 22 aromatic rings. The zero-order chi connectivity index (χ0) is 104. The number of fused-ring (bicyclic) bond motifs is 18. The van der Waals surface area contributed by atoms with E-state index in [1.54, 1.807) is 0 Å². The second kappa shape index (κ2) is 32.3. The molecule has 6 heteroatoms. The standard InChI is InChI=1S/C136H124BN5/c1-130(2,3)93-50-40-49-87(67-93)89-58-64-112-120(74-89)141(125-107(83-41-26-22-27-42-83)77-98(135(16,17)18)78-108(125)84-43-28-23-29-44-84)129-123-111-72-88(91-68-94(131(4,5)6)75-95(69-91)132(7,8)9)59-66-117(111)140-118-73-90(92-70-96(133(10,11)12)76-97(71-92)134(13,14)15)57-62-106(118)122(127(123)140)128-124(129)137(112)113-65-61-101(82-121(113)142(128)126-109(85-45-30-24-31-46-85)79-99(136(19,20)21)80-110(126)86-47-32-25-33-48-86)139-116-56-39-36-53-104(116)105-63-60-100(81-119(105)139)138-114-54-37-34-51-102(114)103-52-35-38-55-115(103)138/h22-82H,1-21H3/i36D,39D,53D,56D,60D,63D,81D. The molecule has 142 heavy (non-hydrogen) atoms. The van der Waals surface area contributed by atoms with Crippen molar-refractivity contribution < 1.29 is 9.60 Å². The molecule has 0 atom stereocenters. The summed E-state index contributed by atoms with van der Waals surface area (Å²) in [5.74, 6) is 0. The normalized spacial score (nSPS) is 14.0. The molecule has 0 unspecified atom stereocenters. The van der Waals surface area contributed by atoms with E-state index in [0.29, 0.717) is 5.69 Å². The van der Waals surface area contributed by atoms with Crippen LogP contribution in [-0.4, -0.2) is 20.2 Å². The van der Waals surface area contributed by atoms with Crippen molar-refractivity contribution in [3.05, 3.63) is 409 Å². The maximum Gasteiger partial charge on any atom is 0.252 e. The zero-order valence-electron chi connectivity index (χ0n) is 92.5. The highest BCUT2D eigenvalue weighted by atomic mass is 15.2. The third kappa shape index (κ3) is 14.6. The Bertz CT molecular complexity index is 9140. The van der Waals surface area contributed by atoms with Crippen LogP contribution in [0, 0.1) is 0 Å². The molecule has 0 saturated carbocycles. The van der Waals surface area contributed by atoms with Crippen LogP contribution in [0.3, 0.4) is 0 Å². The first kappa shape index (κ1) is 81.8. The van der Waals surface area contributed by atoms with Crippen molar-refractivity contribution in [1.29, 1.82) is 0 Å². The molecule has 4 aromatic heterocycles. The second-order valence-corrected chi connectivity index (χ2v) is 47.2. The van der Waals surface area contributed by atoms with Crippen molar-refractivity contribution in [3.8, 4) is 89.3 Å². The fourth-order valence-electron chi connectivity index (χ4n) is 22.7. The van der Waals surface area contributed by atoms with E-state index < -0.39 is 24.2 Å². The van der Waals surface area contributed by atoms with E-state index in [0.717, 1.165) is 194 Å². The summed E-state index contributed by atoms with van der Waals surface area (Å²) in [7, 11) is 0. The Morgan fingerprint density at radius 2 is 0.606 bits per heavy atom. The van der Waals surface area contributed by atoms with Gasteiger partial charge in [0.2, 0.25) is 0 Å². The van der Waals surface area contributed by atoms with E-state index in [9.17, 15) is 9.60 Å². The van der Waals surface area contributed by atoms with E-state index >= 15 is 0 Å². The number of aromatic nitrogens is 3. The number of anilines is 6. The number of rotatable bonds is 11. The fourth-order valence-corrected chi connectivity index (χ4v) is 22.7. The molecule has 5 nitrogen and oxygen atoms in total. The third-order valence-corrected chi connectivity index (χ3v) is 30.6. The van der Waals surface area contributed by atoms with Gasteiger partial charge in [-0.3, -0.25) is 0 Å². The van der Waals surface area contributed by atoms with Crippen molar-refractivity contribution in [2.75, 3.05) is 9.80 Å². The first-order valence-electron chi connectivity index (χ1n) is 54.1. The summed E-state index contributed by atoms with van der Waals surface area (Å²) in [4.78, 5) is 5.41. The predicted octanol–water partition coefficient (Wildman–Crippen LogP) is 35.9. The van der Waals surface area contributed by atoms with Gasteiger partial charge < -0.3 is 23.3 Å². The number of benzene rings is 18. The van der Waals surface area contributed by atoms with Gasteiger partial charge in [-0.1, -0.05) is 424 Å². The summed E-state index contributed by atoms with van der Waals surface area (Å²) in [5, 5.41) is 6.15. The van der Waals surface area contributed by atoms with Crippen LogP contribution in [0.5, 0.6) is 0 Å². The van der Waals surface area contributed by atoms with Crippen LogP contribution >= 0.6 is 0 Å². The monoisotopic (exact) mass is 1850 g/mol. The molecule has 0 radical (unpaired) electrons. The Hall–Kier alpha value is -15.0. The number of para-hydroxylation sites is 3. The number of nitrogens with zero attached hydrogens (tertiary/aromatic N) is 5. The van der Waals surface area contributed by atoms with Crippen molar-refractivity contribution in [1.82, 2.24) is 13.5 Å². The first-order chi connectivity index (χ1) is 70.8. The molecule has 18 aromatic carbocycles. The van der Waals surface area contributed by atoms with E-state index in [1.165, 1.54) is 33.4 Å². The molecular formula is C136H124BN5. The van der Waals surface area contributed by atoms with E-state index in [4.69, 9.17) is 0 Å². The average Bonchev–Trinajstić information content (AvgIpc) is 1.51. The second-order valence-electron chi connectivity index (χ2n) is 47.2. The lowest BCUT2D eigenvalue weighted by molar-refractivity contribution is 0.568. The summed E-state index contributed by atoms with van der Waals surface area (Å²) >= 11 is 0. The highest BCUT2D eigenvalue weighted by Gasteiger charge is 2.50. The van der Waals surface area contributed by atoms with E-state index in [1.807, 2.05) is 45.5 Å². The van der Waals surface area contributed by atoms with Gasteiger partial charge in [0, 0.05) is 88.1 Å². The molecule has 0 saturated heterocycles. The molecule has 696 valence electrons. The highest BCUT2D eigenvalue weighted by molar-refractivity contribution is 7.01. The summed E-state index contributed by atoms with van der Waals surface area (Å²) in [6.45, 7) is 48.2. The lowest BCUT2D eigenvalue weighted by Gasteiger charge is -2.46. The van der Waals surface area contributed by atoms with Crippen LogP contribution in [0.25, 0.3) is 171 Å². The van der Waals surface area contributed by atoms with E-state index in [-0.39, 0.29) is 90.2 Å². The minimum absolute atomic E-state index is 0.0519. The minimum Gasteiger partial charge on any atom is -0.309 e. The molecule has 6 heterocycles. The summed E-state index contributed by atoms with van der Waals surface area (Å²) in [6.07, 6.45) is 0. The van der Waals surface area contributed by atoms with Gasteiger partial charge in [0.05, 0.1) is 71.0 Å². The molecule has 2 aliphatic heterocycles. The highest BCUT2D eigenvalue weighted by Crippen LogP contribution is 2.61. The minimum atomic E-state index is -0.654. The number of hydrogen-bond donors (Lipinski definition) is 0. The average molecular weight is 1850 g/mol. The summed E-state index contributed by atoms with van der Waals surface area (Å²) in [6, 6.07) is 120. The lowest BCUT2D eigenvalue weighted by Crippen LogP contribution is -2.61. The molecule has 2 aliphatic rings. The molecule has 0 N–H and O–H groups in total. The van der Waals surface area contributed by atoms with Gasteiger partial charge in [-0.2, -0.15) is 0 Å². The van der Waals surface area contributed by atoms with Gasteiger partial charge in [0.25, 0.3) is 6.71 Å². The Labute approximate surface area is 847 Å². The molecule has 0 amide bonds. The predicted molar refractivity (Wildman–Crippen MR) is 613 cm³/mol. The molecule has 0 fully saturated rings. The van der Waals surface area contributed by atoms with Gasteiger partial charge in [-0.25, -0.2) is 0 Å². The van der Waals surface area contributed by atoms with Crippen LogP contribution in [-0.2, 0) is 37.9 Å². The Balaban J connectivity index is 0.973. The van der Waals surface area contributed by atoms with Crippen molar-refractivity contribution in [2.45, 2.75) is 183 Å². The van der Waals surface area contributed by atoms with Crippen LogP contribution < -0.4 is 26.2 Å². The molecule has 0 bridgehead atoms. The molecule has 24 rings (SSSR count). The third-order valence-electron chi connectivity index (χ3n) is 30.6. The van der Waals surface area contributed by atoms with Crippen LogP contribution in [0.15, 0.2) is 370 Å². The van der Waals surface area contributed by atoms with Gasteiger partial charge in [0.15, 0.2) is 0 Å². The molecular weight excluding hydrogens is 1710 g/mol. The van der Waals surface area contributed by atoms with Gasteiger partial charge >= 0.3 is 0 Å². The summed E-state index contributed by atoms with van der Waals surface area (Å²) in [5.41, 5.74) is 35.5. The van der Waals surface area contributed by atoms with Gasteiger partial charge in [-0.05, 0) is 240 Å². The maximum absolute atomic E-state index is 11.4. The van der Waals surface area contributed by atoms with Crippen molar-refractivity contribution in [3.63, 3.8) is 0 Å². The largest absolute Gasteiger partial charge is 0.309 e. The maximum atomic E-state index is 11.4. The Morgan fingerprint density at radius 1 is 0.225 bits per heavy atom. The van der Waals surface area contributed by atoms with Crippen LogP contribution in [0.1, 0.15) is 194 Å². The number of hydrogen-bond acceptors (Lipinski definition) is 2. The Morgan fingerprint density at radius 3 is 1.09 bits per heavy atom. The van der Waals surface area contributed by atoms with Crippen LogP contribution in [0.4, 0.5) is 34.1 Å².